The van der Waals surface area contributed by atoms with E-state index in [-0.39, 0.29) is 6.04 Å². The van der Waals surface area contributed by atoms with Crippen LogP contribution in [0, 0.1) is 0 Å². The molecule has 3 heteroatoms. The van der Waals surface area contributed by atoms with Crippen LogP contribution in [0.2, 0.25) is 0 Å². The molecule has 0 aromatic heterocycles. The van der Waals surface area contributed by atoms with E-state index >= 15 is 0 Å². The molecule has 0 spiro atoms. The molecule has 0 unspecified atom stereocenters. The van der Waals surface area contributed by atoms with E-state index in [9.17, 15) is 0 Å². The summed E-state index contributed by atoms with van der Waals surface area (Å²) in [6, 6.07) is 8.49. The van der Waals surface area contributed by atoms with Gasteiger partial charge in [-0.05, 0) is 25.0 Å². The number of rotatable bonds is 2. The first-order chi connectivity index (χ1) is 7.79. The molecular formula is C13H20N2O. The molecule has 1 heterocycles. The van der Waals surface area contributed by atoms with Gasteiger partial charge in [0, 0.05) is 31.4 Å². The van der Waals surface area contributed by atoms with Gasteiger partial charge in [-0.1, -0.05) is 18.2 Å². The number of hydrogen-bond acceptors (Lipinski definition) is 3. The minimum atomic E-state index is 0.0837. The quantitative estimate of drug-likeness (QED) is 0.827. The van der Waals surface area contributed by atoms with Gasteiger partial charge in [0.1, 0.15) is 0 Å². The Hall–Kier alpha value is -1.06. The van der Waals surface area contributed by atoms with E-state index < -0.39 is 0 Å². The number of benzene rings is 1. The zero-order valence-electron chi connectivity index (χ0n) is 9.86. The summed E-state index contributed by atoms with van der Waals surface area (Å²) in [5, 5.41) is 0. The Kier molecular flexibility index (Phi) is 3.80. The zero-order valence-corrected chi connectivity index (χ0v) is 9.86. The van der Waals surface area contributed by atoms with Gasteiger partial charge in [-0.25, -0.2) is 0 Å². The molecule has 2 rings (SSSR count). The van der Waals surface area contributed by atoms with Gasteiger partial charge in [-0.3, -0.25) is 0 Å². The van der Waals surface area contributed by atoms with Crippen molar-refractivity contribution in [2.45, 2.75) is 19.4 Å². The third-order valence-electron chi connectivity index (χ3n) is 2.99. The first-order valence-electron chi connectivity index (χ1n) is 5.96. The summed E-state index contributed by atoms with van der Waals surface area (Å²) < 4.78 is 5.47. The molecule has 1 aliphatic rings. The average Bonchev–Trinajstić information content (AvgIpc) is 2.57. The number of anilines is 1. The second-order valence-corrected chi connectivity index (χ2v) is 4.30. The highest BCUT2D eigenvalue weighted by Gasteiger charge is 2.14. The summed E-state index contributed by atoms with van der Waals surface area (Å²) in [4.78, 5) is 2.38. The van der Waals surface area contributed by atoms with Gasteiger partial charge in [0.25, 0.3) is 0 Å². The van der Waals surface area contributed by atoms with Crippen LogP contribution in [0.25, 0.3) is 0 Å². The van der Waals surface area contributed by atoms with Gasteiger partial charge in [0.15, 0.2) is 0 Å². The third kappa shape index (κ3) is 2.54. The molecule has 0 amide bonds. The van der Waals surface area contributed by atoms with Crippen LogP contribution in [-0.4, -0.2) is 26.3 Å². The van der Waals surface area contributed by atoms with Crippen LogP contribution in [-0.2, 0) is 4.74 Å². The minimum Gasteiger partial charge on any atom is -0.380 e. The van der Waals surface area contributed by atoms with Crippen LogP contribution in [0.5, 0.6) is 0 Å². The van der Waals surface area contributed by atoms with Crippen LogP contribution in [0.3, 0.4) is 0 Å². The lowest BCUT2D eigenvalue weighted by atomic mass is 10.1. The number of hydrogen-bond donors (Lipinski definition) is 1. The molecule has 16 heavy (non-hydrogen) atoms. The Morgan fingerprint density at radius 1 is 1.25 bits per heavy atom. The van der Waals surface area contributed by atoms with E-state index in [2.05, 4.69) is 29.2 Å². The smallest absolute Gasteiger partial charge is 0.0641 e. The Bertz CT molecular complexity index is 330. The summed E-state index contributed by atoms with van der Waals surface area (Å²) in [6.07, 6.45) is 1.09. The Labute approximate surface area is 97.2 Å². The van der Waals surface area contributed by atoms with E-state index in [1.165, 1.54) is 11.3 Å². The molecule has 0 radical (unpaired) electrons. The van der Waals surface area contributed by atoms with Crippen molar-refractivity contribution in [3.8, 4) is 0 Å². The zero-order chi connectivity index (χ0) is 11.4. The maximum atomic E-state index is 6.00. The average molecular weight is 220 g/mol. The van der Waals surface area contributed by atoms with Gasteiger partial charge >= 0.3 is 0 Å². The van der Waals surface area contributed by atoms with E-state index in [0.717, 1.165) is 32.7 Å². The van der Waals surface area contributed by atoms with E-state index in [0.29, 0.717) is 0 Å². The molecule has 1 fully saturated rings. The van der Waals surface area contributed by atoms with Crippen molar-refractivity contribution >= 4 is 5.69 Å². The molecule has 0 aliphatic carbocycles. The summed E-state index contributed by atoms with van der Waals surface area (Å²) in [5.74, 6) is 0. The Morgan fingerprint density at radius 2 is 2.06 bits per heavy atom. The first-order valence-corrected chi connectivity index (χ1v) is 5.96. The molecule has 1 aliphatic heterocycles. The van der Waals surface area contributed by atoms with Crippen molar-refractivity contribution in [2.75, 3.05) is 31.2 Å². The highest BCUT2D eigenvalue weighted by Crippen LogP contribution is 2.25. The fourth-order valence-corrected chi connectivity index (χ4v) is 2.15. The van der Waals surface area contributed by atoms with Gasteiger partial charge in [0.2, 0.25) is 0 Å². The molecule has 0 saturated carbocycles. The summed E-state index contributed by atoms with van der Waals surface area (Å²) >= 11 is 0. The predicted molar refractivity (Wildman–Crippen MR) is 66.7 cm³/mol. The fraction of sp³-hybridized carbons (Fsp3) is 0.538. The molecule has 1 aromatic rings. The van der Waals surface area contributed by atoms with Crippen LogP contribution in [0.4, 0.5) is 5.69 Å². The SMILES string of the molecule is C[C@@H](N)c1ccccc1N1CCCOCC1. The van der Waals surface area contributed by atoms with Crippen molar-refractivity contribution in [3.05, 3.63) is 29.8 Å². The van der Waals surface area contributed by atoms with Gasteiger partial charge in [-0.2, -0.15) is 0 Å². The summed E-state index contributed by atoms with van der Waals surface area (Å²) in [7, 11) is 0. The second-order valence-electron chi connectivity index (χ2n) is 4.30. The van der Waals surface area contributed by atoms with Crippen LogP contribution < -0.4 is 10.6 Å². The van der Waals surface area contributed by atoms with Crippen LogP contribution >= 0.6 is 0 Å². The molecular weight excluding hydrogens is 200 g/mol. The lowest BCUT2D eigenvalue weighted by molar-refractivity contribution is 0.152. The Balaban J connectivity index is 2.23. The van der Waals surface area contributed by atoms with Gasteiger partial charge < -0.3 is 15.4 Å². The standard InChI is InChI=1S/C13H20N2O/c1-11(14)12-5-2-3-6-13(12)15-7-4-9-16-10-8-15/h2-3,5-6,11H,4,7-10,14H2,1H3/t11-/m1/s1. The number of nitrogens with zero attached hydrogens (tertiary/aromatic N) is 1. The third-order valence-corrected chi connectivity index (χ3v) is 2.99. The van der Waals surface area contributed by atoms with Crippen molar-refractivity contribution in [2.24, 2.45) is 5.73 Å². The monoisotopic (exact) mass is 220 g/mol. The predicted octanol–water partition coefficient (Wildman–Crippen LogP) is 1.93. The minimum absolute atomic E-state index is 0.0837. The number of ether oxygens (including phenoxy) is 1. The Morgan fingerprint density at radius 3 is 2.88 bits per heavy atom. The highest BCUT2D eigenvalue weighted by molar-refractivity contribution is 5.54. The van der Waals surface area contributed by atoms with E-state index in [4.69, 9.17) is 10.5 Å². The molecule has 88 valence electrons. The van der Waals surface area contributed by atoms with Crippen molar-refractivity contribution in [1.29, 1.82) is 0 Å². The largest absolute Gasteiger partial charge is 0.380 e. The lowest BCUT2D eigenvalue weighted by Gasteiger charge is -2.26. The van der Waals surface area contributed by atoms with Crippen LogP contribution in [0.1, 0.15) is 24.9 Å². The molecule has 1 aromatic carbocycles. The molecule has 1 atom stereocenters. The maximum absolute atomic E-state index is 6.00. The van der Waals surface area contributed by atoms with E-state index in [1.54, 1.807) is 0 Å². The number of nitrogens with two attached hydrogens (primary N) is 1. The van der Waals surface area contributed by atoms with Crippen molar-refractivity contribution < 1.29 is 4.74 Å². The van der Waals surface area contributed by atoms with Crippen molar-refractivity contribution in [1.82, 2.24) is 0 Å². The fourth-order valence-electron chi connectivity index (χ4n) is 2.15. The van der Waals surface area contributed by atoms with Crippen LogP contribution in [0.15, 0.2) is 24.3 Å². The molecule has 0 bridgehead atoms. The van der Waals surface area contributed by atoms with Crippen molar-refractivity contribution in [3.63, 3.8) is 0 Å². The normalized spacial score (nSPS) is 19.2. The topological polar surface area (TPSA) is 38.5 Å². The lowest BCUT2D eigenvalue weighted by Crippen LogP contribution is -2.27. The molecule has 2 N–H and O–H groups in total. The highest BCUT2D eigenvalue weighted by atomic mass is 16.5. The second kappa shape index (κ2) is 5.32. The van der Waals surface area contributed by atoms with E-state index in [1.807, 2.05) is 6.92 Å². The molecule has 3 nitrogen and oxygen atoms in total. The van der Waals surface area contributed by atoms with Gasteiger partial charge in [-0.15, -0.1) is 0 Å². The summed E-state index contributed by atoms with van der Waals surface area (Å²) in [5.41, 5.74) is 8.50. The van der Waals surface area contributed by atoms with Gasteiger partial charge in [0.05, 0.1) is 6.61 Å². The first kappa shape index (κ1) is 11.4. The summed E-state index contributed by atoms with van der Waals surface area (Å²) in [6.45, 7) is 5.74. The maximum Gasteiger partial charge on any atom is 0.0641 e. The number of para-hydroxylation sites is 1. The molecule has 1 saturated heterocycles.